The van der Waals surface area contributed by atoms with Crippen LogP contribution < -0.4 is 10.2 Å². The van der Waals surface area contributed by atoms with Crippen LogP contribution in [0.25, 0.3) is 5.70 Å². The third-order valence-corrected chi connectivity index (χ3v) is 6.90. The van der Waals surface area contributed by atoms with Gasteiger partial charge in [-0.25, -0.2) is 9.78 Å². The van der Waals surface area contributed by atoms with Crippen molar-refractivity contribution in [1.82, 2.24) is 9.88 Å². The van der Waals surface area contributed by atoms with Crippen LogP contribution in [0, 0.1) is 5.92 Å². The lowest BCUT2D eigenvalue weighted by atomic mass is 9.84. The summed E-state index contributed by atoms with van der Waals surface area (Å²) >= 11 is 7.57. The number of anilines is 2. The Morgan fingerprint density at radius 3 is 2.83 bits per heavy atom. The number of halogens is 1. The SMILES string of the molecule is C=C1c2cc(Cl)ccc2N(C)C(=O)N1C(CC1CCCCC1)C(=O)Nc1nccs1. The lowest BCUT2D eigenvalue weighted by molar-refractivity contribution is -0.120. The molecule has 8 heteroatoms. The maximum absolute atomic E-state index is 13.3. The van der Waals surface area contributed by atoms with E-state index in [0.29, 0.717) is 28.2 Å². The summed E-state index contributed by atoms with van der Waals surface area (Å²) in [5, 5.41) is 5.79. The molecule has 1 fully saturated rings. The van der Waals surface area contributed by atoms with Gasteiger partial charge in [-0.1, -0.05) is 50.3 Å². The molecule has 1 atom stereocenters. The Bertz CT molecular complexity index is 956. The van der Waals surface area contributed by atoms with Crippen molar-refractivity contribution in [1.29, 1.82) is 0 Å². The number of benzene rings is 1. The zero-order valence-electron chi connectivity index (χ0n) is 16.9. The van der Waals surface area contributed by atoms with Gasteiger partial charge in [0, 0.05) is 34.9 Å². The van der Waals surface area contributed by atoms with Gasteiger partial charge in [0.15, 0.2) is 5.13 Å². The van der Waals surface area contributed by atoms with Crippen LogP contribution in [0.15, 0.2) is 36.4 Å². The normalized spacial score (nSPS) is 18.3. The van der Waals surface area contributed by atoms with E-state index in [9.17, 15) is 9.59 Å². The number of carbonyl (C=O) groups is 2. The van der Waals surface area contributed by atoms with Crippen molar-refractivity contribution in [3.05, 3.63) is 46.9 Å². The number of nitrogens with zero attached hydrogens (tertiary/aromatic N) is 3. The van der Waals surface area contributed by atoms with Gasteiger partial charge < -0.3 is 5.32 Å². The van der Waals surface area contributed by atoms with Gasteiger partial charge in [-0.3, -0.25) is 14.6 Å². The van der Waals surface area contributed by atoms with E-state index in [1.807, 2.05) is 11.4 Å². The van der Waals surface area contributed by atoms with E-state index < -0.39 is 6.04 Å². The molecule has 30 heavy (non-hydrogen) atoms. The molecule has 1 aliphatic carbocycles. The Balaban J connectivity index is 1.68. The second kappa shape index (κ2) is 8.78. The summed E-state index contributed by atoms with van der Waals surface area (Å²) in [6, 6.07) is 4.44. The van der Waals surface area contributed by atoms with E-state index in [1.165, 1.54) is 35.5 Å². The first-order valence-corrected chi connectivity index (χ1v) is 11.5. The lowest BCUT2D eigenvalue weighted by Gasteiger charge is -2.41. The van der Waals surface area contributed by atoms with Crippen molar-refractivity contribution in [2.75, 3.05) is 17.3 Å². The average Bonchev–Trinajstić information content (AvgIpc) is 3.25. The Morgan fingerprint density at radius 1 is 1.37 bits per heavy atom. The van der Waals surface area contributed by atoms with Gasteiger partial charge in [-0.2, -0.15) is 0 Å². The highest BCUT2D eigenvalue weighted by molar-refractivity contribution is 7.13. The fourth-order valence-corrected chi connectivity index (χ4v) is 5.11. The van der Waals surface area contributed by atoms with Gasteiger partial charge in [0.25, 0.3) is 0 Å². The van der Waals surface area contributed by atoms with Crippen molar-refractivity contribution >= 4 is 51.4 Å². The predicted molar refractivity (Wildman–Crippen MR) is 122 cm³/mol. The van der Waals surface area contributed by atoms with Gasteiger partial charge in [0.1, 0.15) is 6.04 Å². The van der Waals surface area contributed by atoms with E-state index in [4.69, 9.17) is 11.6 Å². The molecule has 158 valence electrons. The van der Waals surface area contributed by atoms with Crippen LogP contribution in [0.3, 0.4) is 0 Å². The second-order valence-electron chi connectivity index (χ2n) is 7.90. The molecule has 1 aliphatic heterocycles. The fourth-order valence-electron chi connectivity index (χ4n) is 4.41. The quantitative estimate of drug-likeness (QED) is 0.651. The van der Waals surface area contributed by atoms with E-state index in [2.05, 4.69) is 16.9 Å². The summed E-state index contributed by atoms with van der Waals surface area (Å²) in [7, 11) is 1.71. The largest absolute Gasteiger partial charge is 0.329 e. The zero-order valence-corrected chi connectivity index (χ0v) is 18.5. The molecule has 0 bridgehead atoms. The highest BCUT2D eigenvalue weighted by Gasteiger charge is 2.40. The molecule has 0 saturated heterocycles. The Labute approximate surface area is 185 Å². The Morgan fingerprint density at radius 2 is 2.13 bits per heavy atom. The molecule has 4 rings (SSSR count). The molecular formula is C22H25ClN4O2S. The predicted octanol–water partition coefficient (Wildman–Crippen LogP) is 5.62. The first kappa shape index (κ1) is 20.9. The number of thiazole rings is 1. The number of nitrogens with one attached hydrogen (secondary N) is 1. The number of amides is 3. The molecule has 6 nitrogen and oxygen atoms in total. The van der Waals surface area contributed by atoms with E-state index in [0.717, 1.165) is 24.1 Å². The highest BCUT2D eigenvalue weighted by Crippen LogP contribution is 2.39. The molecule has 1 aromatic heterocycles. The van der Waals surface area contributed by atoms with Gasteiger partial charge in [-0.15, -0.1) is 11.3 Å². The maximum Gasteiger partial charge on any atom is 0.329 e. The molecule has 1 unspecified atom stereocenters. The Kier molecular flexibility index (Phi) is 6.11. The van der Waals surface area contributed by atoms with E-state index in [-0.39, 0.29) is 11.9 Å². The molecule has 2 aromatic rings. The van der Waals surface area contributed by atoms with Gasteiger partial charge in [0.05, 0.1) is 5.69 Å². The average molecular weight is 445 g/mol. The molecule has 3 amide bonds. The summed E-state index contributed by atoms with van der Waals surface area (Å²) in [6.07, 6.45) is 7.97. The van der Waals surface area contributed by atoms with Gasteiger partial charge in [0.2, 0.25) is 5.91 Å². The van der Waals surface area contributed by atoms with E-state index in [1.54, 1.807) is 30.3 Å². The van der Waals surface area contributed by atoms with Crippen LogP contribution in [0.1, 0.15) is 44.1 Å². The number of fused-ring (bicyclic) bond motifs is 1. The molecule has 1 saturated carbocycles. The van der Waals surface area contributed by atoms with Crippen LogP contribution in [0.2, 0.25) is 5.02 Å². The van der Waals surface area contributed by atoms with Crippen molar-refractivity contribution < 1.29 is 9.59 Å². The molecule has 2 aliphatic rings. The minimum absolute atomic E-state index is 0.232. The molecular weight excluding hydrogens is 420 g/mol. The van der Waals surface area contributed by atoms with Crippen LogP contribution >= 0.6 is 22.9 Å². The van der Waals surface area contributed by atoms with Crippen molar-refractivity contribution in [2.45, 2.75) is 44.6 Å². The topological polar surface area (TPSA) is 65.5 Å². The maximum atomic E-state index is 13.3. The summed E-state index contributed by atoms with van der Waals surface area (Å²) in [5.41, 5.74) is 2.01. The molecule has 2 heterocycles. The molecule has 0 spiro atoms. The molecule has 0 radical (unpaired) electrons. The standard InChI is InChI=1S/C22H25ClN4O2S/c1-14-17-13-16(23)8-9-18(17)26(2)22(29)27(14)19(12-15-6-4-3-5-7-15)20(28)25-21-24-10-11-30-21/h8-11,13,15,19H,1,3-7,12H2,2H3,(H,24,25,28). The summed E-state index contributed by atoms with van der Waals surface area (Å²) in [4.78, 5) is 33.9. The number of hydrogen-bond acceptors (Lipinski definition) is 4. The van der Waals surface area contributed by atoms with Crippen molar-refractivity contribution in [3.63, 3.8) is 0 Å². The van der Waals surface area contributed by atoms with Crippen LogP contribution in [0.4, 0.5) is 15.6 Å². The summed E-state index contributed by atoms with van der Waals surface area (Å²) in [6.45, 7) is 4.18. The fraction of sp³-hybridized carbons (Fsp3) is 0.409. The first-order valence-electron chi connectivity index (χ1n) is 10.2. The summed E-state index contributed by atoms with van der Waals surface area (Å²) in [5.74, 6) is 0.168. The zero-order chi connectivity index (χ0) is 21.3. The minimum atomic E-state index is -0.661. The summed E-state index contributed by atoms with van der Waals surface area (Å²) < 4.78 is 0. The Hall–Kier alpha value is -2.38. The van der Waals surface area contributed by atoms with Crippen LogP contribution in [0.5, 0.6) is 0 Å². The monoisotopic (exact) mass is 444 g/mol. The smallest absolute Gasteiger partial charge is 0.300 e. The van der Waals surface area contributed by atoms with Crippen molar-refractivity contribution in [3.8, 4) is 0 Å². The number of hydrogen-bond donors (Lipinski definition) is 1. The number of rotatable bonds is 5. The van der Waals surface area contributed by atoms with Crippen LogP contribution in [-0.2, 0) is 4.79 Å². The van der Waals surface area contributed by atoms with E-state index >= 15 is 0 Å². The second-order valence-corrected chi connectivity index (χ2v) is 9.23. The number of aromatic nitrogens is 1. The first-order chi connectivity index (χ1) is 14.5. The number of urea groups is 1. The minimum Gasteiger partial charge on any atom is -0.300 e. The molecule has 1 N–H and O–H groups in total. The van der Waals surface area contributed by atoms with Crippen molar-refractivity contribution in [2.24, 2.45) is 5.92 Å². The third kappa shape index (κ3) is 4.09. The van der Waals surface area contributed by atoms with Gasteiger partial charge in [-0.05, 0) is 30.5 Å². The lowest BCUT2D eigenvalue weighted by Crippen LogP contribution is -2.53. The highest BCUT2D eigenvalue weighted by atomic mass is 35.5. The molecule has 1 aromatic carbocycles. The van der Waals surface area contributed by atoms with Crippen LogP contribution in [-0.4, -0.2) is 34.9 Å². The van der Waals surface area contributed by atoms with Gasteiger partial charge >= 0.3 is 6.03 Å². The number of carbonyl (C=O) groups excluding carboxylic acids is 2. The third-order valence-electron chi connectivity index (χ3n) is 5.97.